The van der Waals surface area contributed by atoms with Crippen molar-refractivity contribution in [3.8, 4) is 0 Å². The number of carbonyl (C=O) groups excluding carboxylic acids is 2. The van der Waals surface area contributed by atoms with Crippen molar-refractivity contribution in [3.05, 3.63) is 80.1 Å². The summed E-state index contributed by atoms with van der Waals surface area (Å²) in [6.45, 7) is 11.6. The second-order valence-electron chi connectivity index (χ2n) is 10.9. The van der Waals surface area contributed by atoms with Gasteiger partial charge < -0.3 is 5.32 Å². The molecule has 0 radical (unpaired) electrons. The molecule has 0 aliphatic carbocycles. The Bertz CT molecular complexity index is 1410. The molecule has 1 aromatic heterocycles. The van der Waals surface area contributed by atoms with Crippen molar-refractivity contribution in [3.63, 3.8) is 0 Å². The minimum Gasteiger partial charge on any atom is -0.317 e. The molecule has 38 heavy (non-hydrogen) atoms. The summed E-state index contributed by atoms with van der Waals surface area (Å²) >= 11 is 12.8. The number of nitrogens with one attached hydrogen (secondary N) is 1. The number of hydrogen-bond donors (Lipinski definition) is 1. The van der Waals surface area contributed by atoms with E-state index in [1.807, 2.05) is 59.8 Å². The highest BCUT2D eigenvalue weighted by Gasteiger charge is 2.47. The lowest BCUT2D eigenvalue weighted by Gasteiger charge is -2.33. The van der Waals surface area contributed by atoms with Crippen LogP contribution in [0.5, 0.6) is 0 Å². The largest absolute Gasteiger partial charge is 0.317 e. The predicted molar refractivity (Wildman–Crippen MR) is 153 cm³/mol. The van der Waals surface area contributed by atoms with Gasteiger partial charge in [0.2, 0.25) is 0 Å². The van der Waals surface area contributed by atoms with E-state index >= 15 is 0 Å². The van der Waals surface area contributed by atoms with E-state index in [2.05, 4.69) is 19.2 Å². The Kier molecular flexibility index (Phi) is 7.42. The molecule has 2 aliphatic rings. The van der Waals surface area contributed by atoms with Crippen LogP contribution in [0.15, 0.2) is 36.4 Å². The van der Waals surface area contributed by atoms with Crippen molar-refractivity contribution in [1.82, 2.24) is 15.1 Å². The van der Waals surface area contributed by atoms with Crippen molar-refractivity contribution in [2.24, 2.45) is 5.92 Å². The molecule has 8 heteroatoms. The van der Waals surface area contributed by atoms with Crippen LogP contribution in [0.1, 0.15) is 90.1 Å². The fourth-order valence-electron chi connectivity index (χ4n) is 6.23. The van der Waals surface area contributed by atoms with Gasteiger partial charge in [-0.25, -0.2) is 0 Å². The first-order valence-electron chi connectivity index (χ1n) is 13.3. The summed E-state index contributed by atoms with van der Waals surface area (Å²) < 4.78 is 1.89. The van der Waals surface area contributed by atoms with Gasteiger partial charge in [0.15, 0.2) is 11.5 Å². The van der Waals surface area contributed by atoms with Gasteiger partial charge in [-0.1, -0.05) is 49.2 Å². The van der Waals surface area contributed by atoms with Gasteiger partial charge in [-0.3, -0.25) is 19.2 Å². The third-order valence-corrected chi connectivity index (χ3v) is 8.42. The van der Waals surface area contributed by atoms with E-state index in [-0.39, 0.29) is 23.5 Å². The van der Waals surface area contributed by atoms with E-state index < -0.39 is 12.1 Å². The predicted octanol–water partition coefficient (Wildman–Crippen LogP) is 6.81. The summed E-state index contributed by atoms with van der Waals surface area (Å²) in [5.74, 6) is 0.105. The molecule has 2 aliphatic heterocycles. The highest BCUT2D eigenvalue weighted by Crippen LogP contribution is 2.48. The number of rotatable bonds is 6. The van der Waals surface area contributed by atoms with E-state index in [0.717, 1.165) is 59.6 Å². The summed E-state index contributed by atoms with van der Waals surface area (Å²) in [4.78, 5) is 29.2. The number of hydrogen-bond acceptors (Lipinski definition) is 4. The van der Waals surface area contributed by atoms with Crippen LogP contribution in [0, 0.1) is 19.8 Å². The normalized spacial score (nSPS) is 18.8. The van der Waals surface area contributed by atoms with Crippen LogP contribution < -0.4 is 10.2 Å². The molecule has 6 nitrogen and oxygen atoms in total. The lowest BCUT2D eigenvalue weighted by molar-refractivity contribution is -0.122. The average molecular weight is 554 g/mol. The Morgan fingerprint density at radius 2 is 1.68 bits per heavy atom. The monoisotopic (exact) mass is 552 g/mol. The maximum atomic E-state index is 14.3. The second kappa shape index (κ2) is 10.5. The number of carbonyl (C=O) groups is 2. The maximum absolute atomic E-state index is 14.3. The van der Waals surface area contributed by atoms with Crippen molar-refractivity contribution >= 4 is 40.6 Å². The standard InChI is InChI=1S/C30H34Cl2N4O2/c1-16(2)27-25-26(34-36(27)28(19(5)37)20-10-12-33-13-11-20)30(38)35(24-15-22(32)7-6-17(24)3)29(25)23-9-8-21(31)14-18(23)4/h6-9,14-16,20,28-29,33H,10-13H2,1-5H3. The zero-order valence-corrected chi connectivity index (χ0v) is 24.0. The number of fused-ring (bicyclic) bond motifs is 1. The number of benzene rings is 2. The quantitative estimate of drug-likeness (QED) is 0.364. The molecule has 0 spiro atoms. The first kappa shape index (κ1) is 26.9. The van der Waals surface area contributed by atoms with Crippen LogP contribution in [0.25, 0.3) is 0 Å². The number of ketones is 1. The highest BCUT2D eigenvalue weighted by molar-refractivity contribution is 6.31. The van der Waals surface area contributed by atoms with Gasteiger partial charge in [-0.15, -0.1) is 0 Å². The second-order valence-corrected chi connectivity index (χ2v) is 11.8. The number of aromatic nitrogens is 2. The molecular formula is C30H34Cl2N4O2. The molecule has 0 bridgehead atoms. The summed E-state index contributed by atoms with van der Waals surface area (Å²) in [6.07, 6.45) is 1.79. The maximum Gasteiger partial charge on any atom is 0.280 e. The summed E-state index contributed by atoms with van der Waals surface area (Å²) in [6, 6.07) is 10.6. The number of halogens is 2. The molecule has 1 saturated heterocycles. The van der Waals surface area contributed by atoms with Gasteiger partial charge in [-0.05, 0) is 99.5 Å². The lowest BCUT2D eigenvalue weighted by atomic mass is 9.87. The zero-order valence-electron chi connectivity index (χ0n) is 22.5. The van der Waals surface area contributed by atoms with Crippen LogP contribution in [-0.4, -0.2) is 34.6 Å². The van der Waals surface area contributed by atoms with Crippen LogP contribution in [0.2, 0.25) is 10.0 Å². The molecule has 3 aromatic rings. The number of Topliss-reactive ketones (excluding diaryl/α,β-unsaturated/α-hetero) is 1. The molecule has 1 fully saturated rings. The van der Waals surface area contributed by atoms with E-state index in [1.54, 1.807) is 6.92 Å². The van der Waals surface area contributed by atoms with Gasteiger partial charge in [0.05, 0.1) is 6.04 Å². The first-order chi connectivity index (χ1) is 18.1. The van der Waals surface area contributed by atoms with Crippen LogP contribution in [-0.2, 0) is 4.79 Å². The summed E-state index contributed by atoms with van der Waals surface area (Å²) in [7, 11) is 0. The SMILES string of the molecule is CC(=O)C(C1CCNCC1)n1nc2c(c1C(C)C)C(c1ccc(Cl)cc1C)N(c1cc(Cl)ccc1C)C2=O. The highest BCUT2D eigenvalue weighted by atomic mass is 35.5. The minimum absolute atomic E-state index is 0.0399. The van der Waals surface area contributed by atoms with E-state index in [1.165, 1.54) is 0 Å². The molecule has 2 unspecified atom stereocenters. The van der Waals surface area contributed by atoms with Crippen molar-refractivity contribution in [1.29, 1.82) is 0 Å². The van der Waals surface area contributed by atoms with Crippen molar-refractivity contribution < 1.29 is 9.59 Å². The first-order valence-corrected chi connectivity index (χ1v) is 14.0. The number of nitrogens with zero attached hydrogens (tertiary/aromatic N) is 3. The van der Waals surface area contributed by atoms with Crippen molar-refractivity contribution in [2.75, 3.05) is 18.0 Å². The number of aryl methyl sites for hydroxylation is 2. The number of piperidine rings is 1. The van der Waals surface area contributed by atoms with Gasteiger partial charge in [0.25, 0.3) is 5.91 Å². The molecule has 200 valence electrons. The zero-order chi connectivity index (χ0) is 27.3. The van der Waals surface area contributed by atoms with Gasteiger partial charge in [0, 0.05) is 27.0 Å². The van der Waals surface area contributed by atoms with Gasteiger partial charge in [-0.2, -0.15) is 5.10 Å². The molecule has 1 amide bonds. The fraction of sp³-hybridized carbons (Fsp3) is 0.433. The van der Waals surface area contributed by atoms with E-state index in [9.17, 15) is 9.59 Å². The Balaban J connectivity index is 1.77. The molecule has 3 heterocycles. The smallest absolute Gasteiger partial charge is 0.280 e. The van der Waals surface area contributed by atoms with Crippen LogP contribution in [0.4, 0.5) is 5.69 Å². The van der Waals surface area contributed by atoms with E-state index in [4.69, 9.17) is 28.3 Å². The third kappa shape index (κ3) is 4.57. The van der Waals surface area contributed by atoms with Gasteiger partial charge in [0.1, 0.15) is 6.04 Å². The fourth-order valence-corrected chi connectivity index (χ4v) is 6.62. The minimum atomic E-state index is -0.418. The molecule has 1 N–H and O–H groups in total. The van der Waals surface area contributed by atoms with Gasteiger partial charge >= 0.3 is 0 Å². The van der Waals surface area contributed by atoms with Crippen LogP contribution >= 0.6 is 23.2 Å². The molecule has 2 atom stereocenters. The topological polar surface area (TPSA) is 67.2 Å². The average Bonchev–Trinajstić information content (AvgIpc) is 3.36. The van der Waals surface area contributed by atoms with Crippen molar-refractivity contribution in [2.45, 2.75) is 65.5 Å². The molecule has 0 saturated carbocycles. The van der Waals surface area contributed by atoms with Crippen LogP contribution in [0.3, 0.4) is 0 Å². The Morgan fingerprint density at radius 1 is 1.03 bits per heavy atom. The van der Waals surface area contributed by atoms with E-state index in [0.29, 0.717) is 15.7 Å². The Hall–Kier alpha value is -2.67. The number of anilines is 1. The molecule has 5 rings (SSSR count). The molecule has 2 aromatic carbocycles. The lowest BCUT2D eigenvalue weighted by Crippen LogP contribution is -2.37. The third-order valence-electron chi connectivity index (χ3n) is 7.95. The number of amides is 1. The Labute approximate surface area is 234 Å². The Morgan fingerprint density at radius 3 is 2.32 bits per heavy atom. The molecular weight excluding hydrogens is 519 g/mol. The summed E-state index contributed by atoms with van der Waals surface area (Å²) in [5, 5.41) is 9.56. The summed E-state index contributed by atoms with van der Waals surface area (Å²) in [5.41, 5.74) is 5.87.